The fourth-order valence-electron chi connectivity index (χ4n) is 3.90. The van der Waals surface area contributed by atoms with Crippen molar-refractivity contribution in [3.8, 4) is 0 Å². The Morgan fingerprint density at radius 1 is 1.13 bits per heavy atom. The van der Waals surface area contributed by atoms with Crippen LogP contribution in [0.1, 0.15) is 49.3 Å². The molecule has 1 atom stereocenters. The van der Waals surface area contributed by atoms with E-state index < -0.39 is 6.04 Å². The molecule has 1 fully saturated rings. The highest BCUT2D eigenvalue weighted by Gasteiger charge is 2.28. The SMILES string of the molecule is Cc1cccc(CN(C(=O)CSCc2ccc(F)cc2)C(C)C(=O)NC2CCCC2)c1. The number of carbonyl (C=O) groups excluding carboxylic acids is 2. The van der Waals surface area contributed by atoms with Gasteiger partial charge in [0.15, 0.2) is 0 Å². The van der Waals surface area contributed by atoms with E-state index in [9.17, 15) is 14.0 Å². The molecule has 0 heterocycles. The summed E-state index contributed by atoms with van der Waals surface area (Å²) in [6, 6.07) is 14.0. The molecule has 1 N–H and O–H groups in total. The zero-order valence-corrected chi connectivity index (χ0v) is 19.1. The fraction of sp³-hybridized carbons (Fsp3) is 0.440. The van der Waals surface area contributed by atoms with E-state index in [-0.39, 0.29) is 29.4 Å². The van der Waals surface area contributed by atoms with Gasteiger partial charge in [-0.3, -0.25) is 9.59 Å². The van der Waals surface area contributed by atoms with Crippen LogP contribution in [0.5, 0.6) is 0 Å². The summed E-state index contributed by atoms with van der Waals surface area (Å²) in [7, 11) is 0. The second kappa shape index (κ2) is 11.3. The number of amides is 2. The van der Waals surface area contributed by atoms with Crippen LogP contribution in [0.2, 0.25) is 0 Å². The lowest BCUT2D eigenvalue weighted by Gasteiger charge is -2.30. The third-order valence-electron chi connectivity index (χ3n) is 5.71. The van der Waals surface area contributed by atoms with Gasteiger partial charge in [-0.15, -0.1) is 11.8 Å². The number of rotatable bonds is 9. The van der Waals surface area contributed by atoms with Gasteiger partial charge >= 0.3 is 0 Å². The molecule has 4 nitrogen and oxygen atoms in total. The Morgan fingerprint density at radius 2 is 1.84 bits per heavy atom. The Balaban J connectivity index is 1.65. The molecule has 1 aliphatic rings. The molecule has 0 radical (unpaired) electrons. The largest absolute Gasteiger partial charge is 0.352 e. The third kappa shape index (κ3) is 7.10. The smallest absolute Gasteiger partial charge is 0.242 e. The first-order valence-electron chi connectivity index (χ1n) is 10.9. The summed E-state index contributed by atoms with van der Waals surface area (Å²) in [5.41, 5.74) is 3.10. The zero-order chi connectivity index (χ0) is 22.2. The van der Waals surface area contributed by atoms with Crippen LogP contribution in [0.3, 0.4) is 0 Å². The summed E-state index contributed by atoms with van der Waals surface area (Å²) in [4.78, 5) is 27.7. The van der Waals surface area contributed by atoms with E-state index in [0.717, 1.165) is 42.4 Å². The van der Waals surface area contributed by atoms with Crippen LogP contribution in [0.25, 0.3) is 0 Å². The molecule has 166 valence electrons. The van der Waals surface area contributed by atoms with E-state index in [2.05, 4.69) is 5.32 Å². The van der Waals surface area contributed by atoms with Gasteiger partial charge in [-0.2, -0.15) is 0 Å². The van der Waals surface area contributed by atoms with E-state index in [1.807, 2.05) is 38.1 Å². The van der Waals surface area contributed by atoms with Crippen LogP contribution < -0.4 is 5.32 Å². The van der Waals surface area contributed by atoms with E-state index in [0.29, 0.717) is 12.3 Å². The van der Waals surface area contributed by atoms with Crippen LogP contribution in [0, 0.1) is 12.7 Å². The molecule has 2 amide bonds. The third-order valence-corrected chi connectivity index (χ3v) is 6.70. The topological polar surface area (TPSA) is 49.4 Å². The molecular weight excluding hydrogens is 411 g/mol. The minimum absolute atomic E-state index is 0.0670. The molecule has 1 aliphatic carbocycles. The summed E-state index contributed by atoms with van der Waals surface area (Å²) >= 11 is 1.48. The molecule has 6 heteroatoms. The van der Waals surface area contributed by atoms with Gasteiger partial charge in [0.05, 0.1) is 5.75 Å². The summed E-state index contributed by atoms with van der Waals surface area (Å²) in [6.45, 7) is 4.23. The fourth-order valence-corrected chi connectivity index (χ4v) is 4.77. The lowest BCUT2D eigenvalue weighted by Crippen LogP contribution is -2.50. The monoisotopic (exact) mass is 442 g/mol. The number of thioether (sulfide) groups is 1. The Morgan fingerprint density at radius 3 is 2.52 bits per heavy atom. The van der Waals surface area contributed by atoms with Crippen LogP contribution >= 0.6 is 11.8 Å². The van der Waals surface area contributed by atoms with Crippen molar-refractivity contribution in [1.29, 1.82) is 0 Å². The van der Waals surface area contributed by atoms with E-state index in [1.165, 1.54) is 23.9 Å². The van der Waals surface area contributed by atoms with Crippen LogP contribution in [0.4, 0.5) is 4.39 Å². The van der Waals surface area contributed by atoms with Gasteiger partial charge in [-0.25, -0.2) is 4.39 Å². The highest BCUT2D eigenvalue weighted by molar-refractivity contribution is 7.99. The average Bonchev–Trinajstić information content (AvgIpc) is 3.26. The number of halogens is 1. The molecular formula is C25H31FN2O2S. The van der Waals surface area contributed by atoms with Gasteiger partial charge in [0.1, 0.15) is 11.9 Å². The van der Waals surface area contributed by atoms with E-state index in [1.54, 1.807) is 17.0 Å². The van der Waals surface area contributed by atoms with E-state index >= 15 is 0 Å². The minimum atomic E-state index is -0.542. The highest BCUT2D eigenvalue weighted by atomic mass is 32.2. The average molecular weight is 443 g/mol. The molecule has 0 aliphatic heterocycles. The van der Waals surface area contributed by atoms with Gasteiger partial charge in [0.2, 0.25) is 11.8 Å². The van der Waals surface area contributed by atoms with Crippen molar-refractivity contribution in [1.82, 2.24) is 10.2 Å². The second-order valence-corrected chi connectivity index (χ2v) is 9.28. The molecule has 2 aromatic carbocycles. The Labute approximate surface area is 188 Å². The second-order valence-electron chi connectivity index (χ2n) is 8.30. The first-order chi connectivity index (χ1) is 14.9. The Bertz CT molecular complexity index is 881. The summed E-state index contributed by atoms with van der Waals surface area (Å²) in [5, 5.41) is 3.12. The number of nitrogens with one attached hydrogen (secondary N) is 1. The molecule has 0 saturated heterocycles. The van der Waals surface area contributed by atoms with Crippen molar-refractivity contribution < 1.29 is 14.0 Å². The molecule has 2 aromatic rings. The lowest BCUT2D eigenvalue weighted by molar-refractivity contribution is -0.138. The minimum Gasteiger partial charge on any atom is -0.352 e. The number of benzene rings is 2. The molecule has 1 saturated carbocycles. The summed E-state index contributed by atoms with van der Waals surface area (Å²) in [6.07, 6.45) is 4.31. The predicted octanol–water partition coefficient (Wildman–Crippen LogP) is 4.84. The lowest BCUT2D eigenvalue weighted by atomic mass is 10.1. The number of hydrogen-bond donors (Lipinski definition) is 1. The number of carbonyl (C=O) groups is 2. The Kier molecular flexibility index (Phi) is 8.52. The van der Waals surface area contributed by atoms with Crippen molar-refractivity contribution >= 4 is 23.6 Å². The van der Waals surface area contributed by atoms with Gasteiger partial charge in [0, 0.05) is 18.3 Å². The quantitative estimate of drug-likeness (QED) is 0.604. The first-order valence-corrected chi connectivity index (χ1v) is 12.1. The number of aryl methyl sites for hydroxylation is 1. The maximum atomic E-state index is 13.1. The molecule has 0 aromatic heterocycles. The van der Waals surface area contributed by atoms with Crippen molar-refractivity contribution in [3.63, 3.8) is 0 Å². The van der Waals surface area contributed by atoms with Crippen molar-refractivity contribution in [3.05, 3.63) is 71.0 Å². The predicted molar refractivity (Wildman–Crippen MR) is 124 cm³/mol. The number of nitrogens with zero attached hydrogens (tertiary/aromatic N) is 1. The van der Waals surface area contributed by atoms with Gasteiger partial charge in [-0.1, -0.05) is 54.8 Å². The first kappa shape index (κ1) is 23.3. The molecule has 0 spiro atoms. The Hall–Kier alpha value is -2.34. The highest BCUT2D eigenvalue weighted by Crippen LogP contribution is 2.20. The standard InChI is InChI=1S/C25H31FN2O2S/c1-18-6-5-7-21(14-18)15-28(19(2)25(30)27-23-8-3-4-9-23)24(29)17-31-16-20-10-12-22(26)13-11-20/h5-7,10-14,19,23H,3-4,8-9,15-17H2,1-2H3,(H,27,30). The van der Waals surface area contributed by atoms with Gasteiger partial charge in [0.25, 0.3) is 0 Å². The normalized spacial score (nSPS) is 14.9. The van der Waals surface area contributed by atoms with Crippen molar-refractivity contribution in [2.24, 2.45) is 0 Å². The zero-order valence-electron chi connectivity index (χ0n) is 18.3. The summed E-state index contributed by atoms with van der Waals surface area (Å²) in [5.74, 6) is 0.465. The maximum absolute atomic E-state index is 13.1. The number of hydrogen-bond acceptors (Lipinski definition) is 3. The maximum Gasteiger partial charge on any atom is 0.242 e. The molecule has 3 rings (SSSR count). The molecule has 1 unspecified atom stereocenters. The van der Waals surface area contributed by atoms with Crippen molar-refractivity contribution in [2.45, 2.75) is 63.9 Å². The van der Waals surface area contributed by atoms with E-state index in [4.69, 9.17) is 0 Å². The molecule has 31 heavy (non-hydrogen) atoms. The van der Waals surface area contributed by atoms with Gasteiger partial charge < -0.3 is 10.2 Å². The van der Waals surface area contributed by atoms with Crippen LogP contribution in [-0.2, 0) is 21.9 Å². The van der Waals surface area contributed by atoms with Crippen LogP contribution in [-0.4, -0.2) is 34.6 Å². The summed E-state index contributed by atoms with van der Waals surface area (Å²) < 4.78 is 13.1. The molecule has 0 bridgehead atoms. The van der Waals surface area contributed by atoms with Crippen molar-refractivity contribution in [2.75, 3.05) is 5.75 Å². The van der Waals surface area contributed by atoms with Gasteiger partial charge in [-0.05, 0) is 49.9 Å². The van der Waals surface area contributed by atoms with Crippen LogP contribution in [0.15, 0.2) is 48.5 Å².